The van der Waals surface area contributed by atoms with Crippen molar-refractivity contribution in [3.05, 3.63) is 71.1 Å². The van der Waals surface area contributed by atoms with Gasteiger partial charge < -0.3 is 5.32 Å². The zero-order valence-electron chi connectivity index (χ0n) is 16.6. The normalized spacial score (nSPS) is 10.7. The summed E-state index contributed by atoms with van der Waals surface area (Å²) < 4.78 is 14.4. The average molecular weight is 436 g/mol. The van der Waals surface area contributed by atoms with Gasteiger partial charge >= 0.3 is 0 Å². The van der Waals surface area contributed by atoms with Gasteiger partial charge in [0.05, 0.1) is 17.1 Å². The molecule has 4 rings (SSSR count). The molecule has 8 nitrogen and oxygen atoms in total. The number of anilines is 2. The molecule has 0 aliphatic carbocycles. The summed E-state index contributed by atoms with van der Waals surface area (Å²) in [7, 11) is 0. The van der Waals surface area contributed by atoms with Crippen LogP contribution in [0.3, 0.4) is 0 Å². The van der Waals surface area contributed by atoms with Gasteiger partial charge in [-0.15, -0.1) is 16.4 Å². The maximum atomic E-state index is 14.4. The van der Waals surface area contributed by atoms with Gasteiger partial charge in [-0.25, -0.2) is 9.37 Å². The Labute approximate surface area is 180 Å². The molecule has 10 heteroatoms. The molecule has 0 bridgehead atoms. The number of amides is 2. The van der Waals surface area contributed by atoms with Gasteiger partial charge in [-0.05, 0) is 37.3 Å². The van der Waals surface area contributed by atoms with Crippen LogP contribution in [-0.4, -0.2) is 31.8 Å². The number of nitrogens with one attached hydrogen (secondary N) is 2. The summed E-state index contributed by atoms with van der Waals surface area (Å²) in [5.41, 5.74) is 2.37. The third-order valence-electron chi connectivity index (χ3n) is 4.27. The van der Waals surface area contributed by atoms with Crippen LogP contribution in [0.25, 0.3) is 16.9 Å². The number of thiazole rings is 1. The molecule has 31 heavy (non-hydrogen) atoms. The quantitative estimate of drug-likeness (QED) is 0.491. The Balaban J connectivity index is 1.51. The predicted molar refractivity (Wildman–Crippen MR) is 116 cm³/mol. The minimum atomic E-state index is -0.531. The van der Waals surface area contributed by atoms with E-state index < -0.39 is 11.7 Å². The number of rotatable bonds is 5. The number of hydrogen-bond acceptors (Lipinski definition) is 6. The summed E-state index contributed by atoms with van der Waals surface area (Å²) in [5, 5.41) is 15.7. The second-order valence-electron chi connectivity index (χ2n) is 6.63. The Morgan fingerprint density at radius 3 is 2.55 bits per heavy atom. The average Bonchev–Trinajstić information content (AvgIpc) is 3.35. The SMILES string of the molecule is CC(=O)Nc1ccc(-c2csc(NC(=O)c3nn(-c4ccccc4)nc3C)n2)c(F)c1. The highest BCUT2D eigenvalue weighted by atomic mass is 32.1. The fraction of sp³-hybridized carbons (Fsp3) is 0.0952. The van der Waals surface area contributed by atoms with Gasteiger partial charge in [-0.1, -0.05) is 18.2 Å². The van der Waals surface area contributed by atoms with Crippen LogP contribution in [0.1, 0.15) is 23.1 Å². The van der Waals surface area contributed by atoms with Gasteiger partial charge in [0.1, 0.15) is 5.82 Å². The van der Waals surface area contributed by atoms with Crippen LogP contribution in [0.4, 0.5) is 15.2 Å². The van der Waals surface area contributed by atoms with Gasteiger partial charge in [-0.2, -0.15) is 9.90 Å². The molecular formula is C21H17FN6O2S. The maximum absolute atomic E-state index is 14.4. The monoisotopic (exact) mass is 436 g/mol. The lowest BCUT2D eigenvalue weighted by Gasteiger charge is -2.05. The number of aryl methyl sites for hydroxylation is 1. The molecule has 0 saturated heterocycles. The van der Waals surface area contributed by atoms with E-state index in [4.69, 9.17) is 0 Å². The number of carbonyl (C=O) groups is 2. The number of aromatic nitrogens is 4. The Morgan fingerprint density at radius 1 is 1.06 bits per heavy atom. The third-order valence-corrected chi connectivity index (χ3v) is 5.03. The van der Waals surface area contributed by atoms with E-state index in [9.17, 15) is 14.0 Å². The van der Waals surface area contributed by atoms with Gasteiger partial charge in [0.15, 0.2) is 10.8 Å². The number of nitrogens with zero attached hydrogens (tertiary/aromatic N) is 4. The van der Waals surface area contributed by atoms with Crippen molar-refractivity contribution in [1.82, 2.24) is 20.0 Å². The first-order valence-electron chi connectivity index (χ1n) is 9.24. The van der Waals surface area contributed by atoms with Crippen molar-refractivity contribution in [3.63, 3.8) is 0 Å². The van der Waals surface area contributed by atoms with Crippen LogP contribution in [-0.2, 0) is 4.79 Å². The van der Waals surface area contributed by atoms with E-state index in [1.807, 2.05) is 30.3 Å². The zero-order valence-corrected chi connectivity index (χ0v) is 17.4. The van der Waals surface area contributed by atoms with Crippen molar-refractivity contribution in [2.45, 2.75) is 13.8 Å². The van der Waals surface area contributed by atoms with E-state index in [1.54, 1.807) is 18.4 Å². The molecule has 156 valence electrons. The highest BCUT2D eigenvalue weighted by Gasteiger charge is 2.18. The van der Waals surface area contributed by atoms with Crippen molar-refractivity contribution < 1.29 is 14.0 Å². The smallest absolute Gasteiger partial charge is 0.279 e. The molecule has 0 atom stereocenters. The lowest BCUT2D eigenvalue weighted by Crippen LogP contribution is -2.14. The fourth-order valence-corrected chi connectivity index (χ4v) is 3.59. The molecule has 4 aromatic rings. The molecule has 2 aromatic carbocycles. The predicted octanol–water partition coefficient (Wildman–Crippen LogP) is 4.05. The first-order chi connectivity index (χ1) is 14.9. The lowest BCUT2D eigenvalue weighted by molar-refractivity contribution is -0.114. The maximum Gasteiger partial charge on any atom is 0.279 e. The Bertz CT molecular complexity index is 1270. The summed E-state index contributed by atoms with van der Waals surface area (Å²) in [6.45, 7) is 3.04. The molecule has 2 amide bonds. The van der Waals surface area contributed by atoms with Crippen LogP contribution in [0, 0.1) is 12.7 Å². The summed E-state index contributed by atoms with van der Waals surface area (Å²) in [6, 6.07) is 13.6. The first-order valence-corrected chi connectivity index (χ1v) is 10.1. The van der Waals surface area contributed by atoms with Gasteiger partial charge in [0.2, 0.25) is 5.91 Å². The highest BCUT2D eigenvalue weighted by molar-refractivity contribution is 7.14. The van der Waals surface area contributed by atoms with E-state index in [0.29, 0.717) is 22.2 Å². The standard InChI is InChI=1S/C21H17FN6O2S/c1-12-19(27-28(26-12)15-6-4-3-5-7-15)20(30)25-21-24-18(11-31-21)16-9-8-14(10-17(16)22)23-13(2)29/h3-11H,1-2H3,(H,23,29)(H,24,25,30). The molecule has 0 aliphatic heterocycles. The van der Waals surface area contributed by atoms with E-state index in [1.165, 1.54) is 35.2 Å². The van der Waals surface area contributed by atoms with Crippen LogP contribution in [0.15, 0.2) is 53.9 Å². The minimum Gasteiger partial charge on any atom is -0.326 e. The van der Waals surface area contributed by atoms with E-state index in [-0.39, 0.29) is 17.2 Å². The Morgan fingerprint density at radius 2 is 1.84 bits per heavy atom. The Kier molecular flexibility index (Phi) is 5.54. The molecule has 2 N–H and O–H groups in total. The summed E-state index contributed by atoms with van der Waals surface area (Å²) >= 11 is 1.17. The number of benzene rings is 2. The van der Waals surface area contributed by atoms with Crippen molar-refractivity contribution in [2.75, 3.05) is 10.6 Å². The molecule has 0 unspecified atom stereocenters. The van der Waals surface area contributed by atoms with Crippen LogP contribution in [0.5, 0.6) is 0 Å². The van der Waals surface area contributed by atoms with Crippen molar-refractivity contribution >= 4 is 34.0 Å². The molecule has 0 radical (unpaired) electrons. The second kappa shape index (κ2) is 8.44. The van der Waals surface area contributed by atoms with Crippen LogP contribution >= 0.6 is 11.3 Å². The van der Waals surface area contributed by atoms with Gasteiger partial charge in [-0.3, -0.25) is 14.9 Å². The third kappa shape index (κ3) is 4.48. The van der Waals surface area contributed by atoms with Crippen molar-refractivity contribution in [1.29, 1.82) is 0 Å². The van der Waals surface area contributed by atoms with Gasteiger partial charge in [0, 0.05) is 23.6 Å². The van der Waals surface area contributed by atoms with Crippen LogP contribution in [0.2, 0.25) is 0 Å². The molecule has 2 heterocycles. The largest absolute Gasteiger partial charge is 0.326 e. The topological polar surface area (TPSA) is 102 Å². The first kappa shape index (κ1) is 20.4. The molecule has 2 aromatic heterocycles. The molecule has 0 aliphatic rings. The van der Waals surface area contributed by atoms with Crippen molar-refractivity contribution in [3.8, 4) is 16.9 Å². The van der Waals surface area contributed by atoms with E-state index in [0.717, 1.165) is 5.69 Å². The summed E-state index contributed by atoms with van der Waals surface area (Å²) in [6.07, 6.45) is 0. The number of halogens is 1. The van der Waals surface area contributed by atoms with Crippen LogP contribution < -0.4 is 10.6 Å². The summed E-state index contributed by atoms with van der Waals surface area (Å²) in [5.74, 6) is -1.27. The van der Waals surface area contributed by atoms with Crippen molar-refractivity contribution in [2.24, 2.45) is 0 Å². The number of hydrogen-bond donors (Lipinski definition) is 2. The second-order valence-corrected chi connectivity index (χ2v) is 7.48. The van der Waals surface area contributed by atoms with E-state index >= 15 is 0 Å². The molecular weight excluding hydrogens is 419 g/mol. The number of para-hydroxylation sites is 1. The van der Waals surface area contributed by atoms with E-state index in [2.05, 4.69) is 25.8 Å². The molecule has 0 fully saturated rings. The molecule has 0 spiro atoms. The minimum absolute atomic E-state index is 0.173. The fourth-order valence-electron chi connectivity index (χ4n) is 2.88. The zero-order chi connectivity index (χ0) is 22.0. The highest BCUT2D eigenvalue weighted by Crippen LogP contribution is 2.29. The summed E-state index contributed by atoms with van der Waals surface area (Å²) in [4.78, 5) is 29.5. The Hall–Kier alpha value is -3.92. The lowest BCUT2D eigenvalue weighted by atomic mass is 10.1. The number of carbonyl (C=O) groups excluding carboxylic acids is 2. The van der Waals surface area contributed by atoms with Gasteiger partial charge in [0.25, 0.3) is 5.91 Å². The molecule has 0 saturated carbocycles.